The van der Waals surface area contributed by atoms with Gasteiger partial charge in [-0.2, -0.15) is 0 Å². The number of rotatable bonds is 5. The van der Waals surface area contributed by atoms with Crippen LogP contribution in [-0.2, 0) is 11.3 Å². The molecular weight excluding hydrogens is 352 g/mol. The Bertz CT molecular complexity index is 893. The average Bonchev–Trinajstić information content (AvgIpc) is 3.13. The fourth-order valence-electron chi connectivity index (χ4n) is 3.47. The molecule has 1 N–H and O–H groups in total. The summed E-state index contributed by atoms with van der Waals surface area (Å²) in [7, 11) is 0. The monoisotopic (exact) mass is 372 g/mol. The summed E-state index contributed by atoms with van der Waals surface area (Å²) in [6, 6.07) is 12.6. The van der Waals surface area contributed by atoms with Gasteiger partial charge >= 0.3 is 0 Å². The van der Waals surface area contributed by atoms with E-state index in [1.165, 1.54) is 29.2 Å². The van der Waals surface area contributed by atoms with E-state index in [2.05, 4.69) is 15.5 Å². The molecule has 2 aromatic carbocycles. The first-order chi connectivity index (χ1) is 13.2. The van der Waals surface area contributed by atoms with Crippen molar-refractivity contribution in [2.24, 2.45) is 0 Å². The van der Waals surface area contributed by atoms with Crippen molar-refractivity contribution < 1.29 is 18.4 Å². The van der Waals surface area contributed by atoms with Crippen molar-refractivity contribution in [3.8, 4) is 0 Å². The van der Waals surface area contributed by atoms with Gasteiger partial charge in [-0.05, 0) is 40.3 Å². The number of quaternary nitrogens is 1. The van der Waals surface area contributed by atoms with Crippen LogP contribution >= 0.6 is 0 Å². The molecule has 8 heteroatoms. The van der Waals surface area contributed by atoms with Gasteiger partial charge < -0.3 is 9.64 Å². The Balaban J connectivity index is 1.70. The zero-order valence-electron chi connectivity index (χ0n) is 14.7. The van der Waals surface area contributed by atoms with Gasteiger partial charge in [0.2, 0.25) is 5.82 Å². The molecule has 0 amide bonds. The normalized spacial score (nSPS) is 16.4. The van der Waals surface area contributed by atoms with Crippen molar-refractivity contribution in [1.82, 2.24) is 20.2 Å². The molecule has 1 saturated heterocycles. The third-order valence-corrected chi connectivity index (χ3v) is 4.79. The number of aromatic nitrogens is 4. The number of nitrogens with zero attached hydrogens (tertiary/aromatic N) is 4. The van der Waals surface area contributed by atoms with E-state index in [0.29, 0.717) is 25.6 Å². The van der Waals surface area contributed by atoms with Crippen molar-refractivity contribution in [1.29, 1.82) is 0 Å². The van der Waals surface area contributed by atoms with Crippen LogP contribution in [0.5, 0.6) is 0 Å². The van der Waals surface area contributed by atoms with Gasteiger partial charge in [-0.1, -0.05) is 24.3 Å². The Morgan fingerprint density at radius 3 is 2.56 bits per heavy atom. The minimum atomic E-state index is -0.289. The quantitative estimate of drug-likeness (QED) is 0.726. The van der Waals surface area contributed by atoms with Crippen LogP contribution in [0, 0.1) is 11.6 Å². The number of halogens is 2. The maximum atomic E-state index is 13.9. The first-order valence-corrected chi connectivity index (χ1v) is 8.89. The molecule has 1 atom stereocenters. The minimum Gasteiger partial charge on any atom is -0.370 e. The van der Waals surface area contributed by atoms with Crippen LogP contribution in [0.25, 0.3) is 0 Å². The number of tetrazole rings is 1. The molecule has 0 unspecified atom stereocenters. The molecule has 0 aliphatic carbocycles. The van der Waals surface area contributed by atoms with Gasteiger partial charge in [0.1, 0.15) is 24.7 Å². The highest BCUT2D eigenvalue weighted by Crippen LogP contribution is 2.19. The zero-order chi connectivity index (χ0) is 18.6. The molecule has 1 aliphatic heterocycles. The maximum Gasteiger partial charge on any atom is 0.214 e. The van der Waals surface area contributed by atoms with Crippen molar-refractivity contribution >= 4 is 0 Å². The van der Waals surface area contributed by atoms with E-state index in [1.54, 1.807) is 22.9 Å². The summed E-state index contributed by atoms with van der Waals surface area (Å²) in [5, 5.41) is 12.2. The highest BCUT2D eigenvalue weighted by Gasteiger charge is 2.33. The summed E-state index contributed by atoms with van der Waals surface area (Å²) < 4.78 is 34.2. The standard InChI is InChI=1S/C19H19F2N5O/c20-16-6-4-14(5-7-16)13-26-19(22-23-24-26)18(25-8-10-27-11-9-25)15-2-1-3-17(21)12-15/h1-7,12,18H,8-11,13H2/p+1/t18-/m0/s1. The molecule has 0 radical (unpaired) electrons. The van der Waals surface area contributed by atoms with E-state index in [4.69, 9.17) is 4.74 Å². The van der Waals surface area contributed by atoms with E-state index >= 15 is 0 Å². The lowest BCUT2D eigenvalue weighted by Gasteiger charge is -2.31. The van der Waals surface area contributed by atoms with Gasteiger partial charge in [0.15, 0.2) is 6.04 Å². The van der Waals surface area contributed by atoms with Crippen LogP contribution in [0.4, 0.5) is 8.78 Å². The van der Waals surface area contributed by atoms with E-state index in [-0.39, 0.29) is 17.7 Å². The molecule has 0 saturated carbocycles. The van der Waals surface area contributed by atoms with Gasteiger partial charge in [0.05, 0.1) is 19.8 Å². The Kier molecular flexibility index (Phi) is 5.17. The summed E-state index contributed by atoms with van der Waals surface area (Å²) in [5.41, 5.74) is 1.71. The summed E-state index contributed by atoms with van der Waals surface area (Å²) in [5.74, 6) is 0.0793. The maximum absolute atomic E-state index is 13.9. The number of ether oxygens (including phenoxy) is 1. The second-order valence-electron chi connectivity index (χ2n) is 6.58. The fourth-order valence-corrected chi connectivity index (χ4v) is 3.47. The van der Waals surface area contributed by atoms with Crippen LogP contribution in [-0.4, -0.2) is 46.5 Å². The van der Waals surface area contributed by atoms with Gasteiger partial charge in [0, 0.05) is 5.56 Å². The smallest absolute Gasteiger partial charge is 0.214 e. The molecular formula is C19H20F2N5O+. The third kappa shape index (κ3) is 4.01. The van der Waals surface area contributed by atoms with Crippen LogP contribution in [0.3, 0.4) is 0 Å². The summed E-state index contributed by atoms with van der Waals surface area (Å²) in [6.07, 6.45) is 0. The minimum absolute atomic E-state index is 0.208. The Morgan fingerprint density at radius 1 is 1.04 bits per heavy atom. The molecule has 140 valence electrons. The highest BCUT2D eigenvalue weighted by molar-refractivity contribution is 5.24. The van der Waals surface area contributed by atoms with Crippen molar-refractivity contribution in [3.63, 3.8) is 0 Å². The molecule has 1 aromatic heterocycles. The van der Waals surface area contributed by atoms with Gasteiger partial charge in [0.25, 0.3) is 0 Å². The van der Waals surface area contributed by atoms with Gasteiger partial charge in [-0.3, -0.25) is 0 Å². The van der Waals surface area contributed by atoms with E-state index in [9.17, 15) is 8.78 Å². The predicted molar refractivity (Wildman–Crippen MR) is 93.1 cm³/mol. The van der Waals surface area contributed by atoms with E-state index < -0.39 is 0 Å². The fraction of sp³-hybridized carbons (Fsp3) is 0.316. The van der Waals surface area contributed by atoms with E-state index in [0.717, 1.165) is 24.2 Å². The zero-order valence-corrected chi connectivity index (χ0v) is 14.7. The van der Waals surface area contributed by atoms with Crippen LogP contribution in [0.15, 0.2) is 48.5 Å². The number of benzene rings is 2. The molecule has 6 nitrogen and oxygen atoms in total. The Morgan fingerprint density at radius 2 is 1.81 bits per heavy atom. The Labute approximate surface area is 155 Å². The topological polar surface area (TPSA) is 57.3 Å². The SMILES string of the molecule is Fc1ccc(Cn2nnnc2[C@H](c2cccc(F)c2)[NH+]2CCOCC2)cc1. The van der Waals surface area contributed by atoms with Crippen molar-refractivity contribution in [2.45, 2.75) is 12.6 Å². The van der Waals surface area contributed by atoms with Crippen LogP contribution < -0.4 is 4.90 Å². The molecule has 27 heavy (non-hydrogen) atoms. The van der Waals surface area contributed by atoms with Crippen LogP contribution in [0.2, 0.25) is 0 Å². The first kappa shape index (κ1) is 17.7. The lowest BCUT2D eigenvalue weighted by atomic mass is 10.0. The molecule has 2 heterocycles. The predicted octanol–water partition coefficient (Wildman–Crippen LogP) is 1.00. The summed E-state index contributed by atoms with van der Waals surface area (Å²) in [6.45, 7) is 3.26. The molecule has 0 bridgehead atoms. The molecule has 1 aliphatic rings. The van der Waals surface area contributed by atoms with Gasteiger partial charge in [-0.15, -0.1) is 5.10 Å². The summed E-state index contributed by atoms with van der Waals surface area (Å²) in [4.78, 5) is 1.22. The molecule has 0 spiro atoms. The Hall–Kier alpha value is -2.71. The second kappa shape index (κ2) is 7.89. The lowest BCUT2D eigenvalue weighted by Crippen LogP contribution is -3.14. The van der Waals surface area contributed by atoms with Gasteiger partial charge in [-0.25, -0.2) is 13.5 Å². The van der Waals surface area contributed by atoms with Crippen LogP contribution in [0.1, 0.15) is 23.0 Å². The molecule has 1 fully saturated rings. The number of hydrogen-bond acceptors (Lipinski definition) is 4. The van der Waals surface area contributed by atoms with E-state index in [1.807, 2.05) is 6.07 Å². The summed E-state index contributed by atoms with van der Waals surface area (Å²) >= 11 is 0. The third-order valence-electron chi connectivity index (χ3n) is 4.79. The number of nitrogens with one attached hydrogen (secondary N) is 1. The molecule has 4 rings (SSSR count). The second-order valence-corrected chi connectivity index (χ2v) is 6.58. The highest BCUT2D eigenvalue weighted by atomic mass is 19.1. The lowest BCUT2D eigenvalue weighted by molar-refractivity contribution is -0.933. The average molecular weight is 372 g/mol. The first-order valence-electron chi connectivity index (χ1n) is 8.89. The largest absolute Gasteiger partial charge is 0.370 e. The van der Waals surface area contributed by atoms with Crippen molar-refractivity contribution in [3.05, 3.63) is 77.1 Å². The number of morpholine rings is 1. The van der Waals surface area contributed by atoms with Crippen molar-refractivity contribution in [2.75, 3.05) is 26.3 Å². The molecule has 3 aromatic rings. The number of hydrogen-bond donors (Lipinski definition) is 1.